The zero-order chi connectivity index (χ0) is 5.98. The molecule has 1 nitrogen and oxygen atoms in total. The second kappa shape index (κ2) is 4.17. The van der Waals surface area contributed by atoms with Crippen LogP contribution in [0.5, 0.6) is 0 Å². The fourth-order valence-electron chi connectivity index (χ4n) is 0.581. The fourth-order valence-corrected chi connectivity index (χ4v) is 0.723. The first kappa shape index (κ1) is 9.30. The molecule has 0 aliphatic carbocycles. The van der Waals surface area contributed by atoms with Crippen LogP contribution in [0.2, 0.25) is 0 Å². The highest BCUT2D eigenvalue weighted by atomic mass is 127. The Bertz CT molecular complexity index is 142. The molecule has 1 aliphatic rings. The molecule has 0 saturated carbocycles. The van der Waals surface area contributed by atoms with E-state index in [4.69, 9.17) is 11.6 Å². The summed E-state index contributed by atoms with van der Waals surface area (Å²) < 4.78 is 0. The smallest absolute Gasteiger partial charge is 0.104 e. The van der Waals surface area contributed by atoms with E-state index in [0.717, 1.165) is 11.7 Å². The van der Waals surface area contributed by atoms with Crippen LogP contribution < -0.4 is 0 Å². The summed E-state index contributed by atoms with van der Waals surface area (Å²) in [5.41, 5.74) is 0. The molecule has 0 bridgehead atoms. The van der Waals surface area contributed by atoms with Crippen molar-refractivity contribution < 1.29 is 0 Å². The van der Waals surface area contributed by atoms with Gasteiger partial charge in [-0.25, -0.2) is 0 Å². The van der Waals surface area contributed by atoms with Crippen molar-refractivity contribution in [1.29, 1.82) is 0 Å². The molecule has 1 aliphatic heterocycles. The summed E-state index contributed by atoms with van der Waals surface area (Å²) in [4.78, 5) is 1.97. The number of likely N-dealkylation sites (N-methyl/N-ethyl adjacent to an activating group) is 1. The van der Waals surface area contributed by atoms with Crippen LogP contribution in [-0.4, -0.2) is 18.5 Å². The van der Waals surface area contributed by atoms with E-state index in [-0.39, 0.29) is 24.0 Å². The van der Waals surface area contributed by atoms with Crippen LogP contribution >= 0.6 is 35.6 Å². The maximum atomic E-state index is 5.70. The molecule has 52 valence electrons. The molecule has 0 aromatic carbocycles. The molecule has 0 amide bonds. The monoisotopic (exact) mass is 257 g/mol. The van der Waals surface area contributed by atoms with E-state index in [9.17, 15) is 0 Å². The van der Waals surface area contributed by atoms with Crippen LogP contribution in [0.4, 0.5) is 0 Å². The van der Waals surface area contributed by atoms with Crippen molar-refractivity contribution in [3.8, 4) is 0 Å². The Morgan fingerprint density at radius 1 is 1.67 bits per heavy atom. The highest BCUT2D eigenvalue weighted by Gasteiger charge is 1.98. The van der Waals surface area contributed by atoms with E-state index in [1.54, 1.807) is 0 Å². The van der Waals surface area contributed by atoms with Gasteiger partial charge in [-0.1, -0.05) is 23.8 Å². The maximum Gasteiger partial charge on any atom is 0.104 e. The fraction of sp³-hybridized carbons (Fsp3) is 0.333. The summed E-state index contributed by atoms with van der Waals surface area (Å²) in [7, 11) is 1.96. The minimum absolute atomic E-state index is 0. The van der Waals surface area contributed by atoms with Gasteiger partial charge in [0.1, 0.15) is 5.16 Å². The molecule has 0 unspecified atom stereocenters. The highest BCUT2D eigenvalue weighted by Crippen LogP contribution is 2.09. The number of hydrogen-bond acceptors (Lipinski definition) is 1. The third-order valence-corrected chi connectivity index (χ3v) is 1.53. The third-order valence-electron chi connectivity index (χ3n) is 1.11. The topological polar surface area (TPSA) is 3.24 Å². The van der Waals surface area contributed by atoms with Gasteiger partial charge in [0.05, 0.1) is 0 Å². The molecule has 0 fully saturated rings. The number of nitrogens with zero attached hydrogens (tertiary/aromatic N) is 1. The van der Waals surface area contributed by atoms with E-state index in [1.165, 1.54) is 0 Å². The van der Waals surface area contributed by atoms with Crippen molar-refractivity contribution in [3.05, 3.63) is 23.4 Å². The molecular weight excluding hydrogens is 248 g/mol. The predicted octanol–water partition coefficient (Wildman–Crippen LogP) is 2.19. The molecule has 0 N–H and O–H groups in total. The summed E-state index contributed by atoms with van der Waals surface area (Å²) in [6.45, 7) is 0.926. The summed E-state index contributed by atoms with van der Waals surface area (Å²) in [6.07, 6.45) is 5.90. The van der Waals surface area contributed by atoms with Crippen LogP contribution in [0.1, 0.15) is 0 Å². The Morgan fingerprint density at radius 2 is 2.33 bits per heavy atom. The molecule has 1 rings (SSSR count). The quantitative estimate of drug-likeness (QED) is 0.475. The van der Waals surface area contributed by atoms with Crippen LogP contribution in [0.25, 0.3) is 0 Å². The normalized spacial score (nSPS) is 16.7. The van der Waals surface area contributed by atoms with Crippen LogP contribution in [-0.2, 0) is 0 Å². The van der Waals surface area contributed by atoms with Crippen molar-refractivity contribution in [2.24, 2.45) is 0 Å². The zero-order valence-electron chi connectivity index (χ0n) is 5.17. The number of rotatable bonds is 0. The van der Waals surface area contributed by atoms with Gasteiger partial charge in [-0.3, -0.25) is 0 Å². The largest absolute Gasteiger partial charge is 0.362 e. The van der Waals surface area contributed by atoms with Gasteiger partial charge < -0.3 is 4.90 Å². The first-order chi connectivity index (χ1) is 3.80. The van der Waals surface area contributed by atoms with E-state index in [1.807, 2.05) is 24.1 Å². The predicted molar refractivity (Wildman–Crippen MR) is 51.1 cm³/mol. The van der Waals surface area contributed by atoms with Crippen LogP contribution in [0.3, 0.4) is 0 Å². The second-order valence-corrected chi connectivity index (χ2v) is 2.19. The van der Waals surface area contributed by atoms with E-state index in [0.29, 0.717) is 0 Å². The summed E-state index contributed by atoms with van der Waals surface area (Å²) in [6, 6.07) is 0. The lowest BCUT2D eigenvalue weighted by Gasteiger charge is -2.17. The van der Waals surface area contributed by atoms with Crippen molar-refractivity contribution >= 4 is 35.6 Å². The van der Waals surface area contributed by atoms with Crippen molar-refractivity contribution in [2.75, 3.05) is 13.6 Å². The summed E-state index contributed by atoms with van der Waals surface area (Å²) in [5.74, 6) is 0. The Morgan fingerprint density at radius 3 is 2.67 bits per heavy atom. The van der Waals surface area contributed by atoms with Crippen molar-refractivity contribution in [2.45, 2.75) is 0 Å². The van der Waals surface area contributed by atoms with E-state index >= 15 is 0 Å². The lowest BCUT2D eigenvalue weighted by atomic mass is 10.4. The first-order valence-electron chi connectivity index (χ1n) is 2.54. The SMILES string of the molecule is CN1CC=CC=C1Cl.I. The van der Waals surface area contributed by atoms with Gasteiger partial charge in [-0.2, -0.15) is 0 Å². The number of allylic oxidation sites excluding steroid dienone is 2. The Hall–Kier alpha value is 0.300. The van der Waals surface area contributed by atoms with Gasteiger partial charge in [-0.05, 0) is 6.08 Å². The van der Waals surface area contributed by atoms with Gasteiger partial charge in [-0.15, -0.1) is 24.0 Å². The molecule has 0 saturated heterocycles. The zero-order valence-corrected chi connectivity index (χ0v) is 8.26. The Labute approximate surface area is 77.4 Å². The van der Waals surface area contributed by atoms with Gasteiger partial charge in [0.2, 0.25) is 0 Å². The number of hydrogen-bond donors (Lipinski definition) is 0. The van der Waals surface area contributed by atoms with Crippen molar-refractivity contribution in [1.82, 2.24) is 4.90 Å². The average molecular weight is 258 g/mol. The van der Waals surface area contributed by atoms with Gasteiger partial charge >= 0.3 is 0 Å². The second-order valence-electron chi connectivity index (χ2n) is 1.80. The molecular formula is C6H9ClIN. The molecule has 9 heavy (non-hydrogen) atoms. The third kappa shape index (κ3) is 2.58. The van der Waals surface area contributed by atoms with Crippen LogP contribution in [0, 0.1) is 0 Å². The Kier molecular flexibility index (Phi) is 4.31. The molecule has 0 atom stereocenters. The standard InChI is InChI=1S/C6H8ClN.HI/c1-8-5-3-2-4-6(8)7;/h2-4H,5H2,1H3;1H. The van der Waals surface area contributed by atoms with Crippen LogP contribution in [0.15, 0.2) is 23.4 Å². The van der Waals surface area contributed by atoms with Gasteiger partial charge in [0.15, 0.2) is 0 Å². The summed E-state index contributed by atoms with van der Waals surface area (Å²) >= 11 is 5.70. The van der Waals surface area contributed by atoms with Gasteiger partial charge in [0.25, 0.3) is 0 Å². The first-order valence-corrected chi connectivity index (χ1v) is 2.92. The van der Waals surface area contributed by atoms with Crippen molar-refractivity contribution in [3.63, 3.8) is 0 Å². The molecule has 3 heteroatoms. The average Bonchev–Trinajstić information content (AvgIpc) is 1.77. The lowest BCUT2D eigenvalue weighted by molar-refractivity contribution is 0.489. The minimum atomic E-state index is 0. The maximum absolute atomic E-state index is 5.70. The molecule has 1 heterocycles. The number of halogens is 2. The Balaban J connectivity index is 0.000000640. The minimum Gasteiger partial charge on any atom is -0.362 e. The molecule has 0 aromatic rings. The van der Waals surface area contributed by atoms with Gasteiger partial charge in [0, 0.05) is 13.6 Å². The lowest BCUT2D eigenvalue weighted by Crippen LogP contribution is -2.15. The highest BCUT2D eigenvalue weighted by molar-refractivity contribution is 14.0. The van der Waals surface area contributed by atoms with E-state index in [2.05, 4.69) is 6.08 Å². The molecule has 0 aromatic heterocycles. The van der Waals surface area contributed by atoms with E-state index < -0.39 is 0 Å². The summed E-state index contributed by atoms with van der Waals surface area (Å²) in [5, 5.41) is 0.813. The molecule has 0 radical (unpaired) electrons. The molecule has 0 spiro atoms.